The van der Waals surface area contributed by atoms with Crippen molar-refractivity contribution in [2.45, 2.75) is 26.2 Å². The number of aromatic nitrogens is 4. The molecule has 0 atom stereocenters. The van der Waals surface area contributed by atoms with E-state index < -0.39 is 23.5 Å². The number of benzene rings is 8. The van der Waals surface area contributed by atoms with Gasteiger partial charge in [0, 0.05) is 49.4 Å². The lowest BCUT2D eigenvalue weighted by atomic mass is 9.94. The third kappa shape index (κ3) is 6.88. The van der Waals surface area contributed by atoms with Crippen LogP contribution in [0.4, 0.5) is 26.3 Å². The number of alkyl halides is 6. The standard InChI is InChI=1S/C56H36F6N4/c1-33-20-24-48-41(28-33)43-30-37(55(57,58)59)22-26-50(43)65(48)47-18-10-9-16-39(47)53-40(54-63-45(35-12-5-3-6-13-35)32-46(64-54)36-14-7-4-8-15-36)17-11-19-52(53)66-49-25-21-34(2)29-42(49)44-31-38(56(60,61)62)23-27-51(44)66/h3-32H,1-2H3. The Kier molecular flexibility index (Phi) is 9.47. The van der Waals surface area contributed by atoms with Gasteiger partial charge in [0.05, 0.1) is 56.0 Å². The molecule has 0 bridgehead atoms. The average molecular weight is 879 g/mol. The molecule has 0 fully saturated rings. The second kappa shape index (κ2) is 15.3. The Morgan fingerprint density at radius 2 is 0.788 bits per heavy atom. The van der Waals surface area contributed by atoms with Crippen LogP contribution in [-0.2, 0) is 12.4 Å². The van der Waals surface area contributed by atoms with Crippen molar-refractivity contribution in [1.29, 1.82) is 0 Å². The molecule has 0 spiro atoms. The number of rotatable bonds is 6. The van der Waals surface area contributed by atoms with Crippen LogP contribution in [0.3, 0.4) is 0 Å². The van der Waals surface area contributed by atoms with E-state index in [9.17, 15) is 26.3 Å². The van der Waals surface area contributed by atoms with Crippen LogP contribution < -0.4 is 0 Å². The molecule has 0 amide bonds. The van der Waals surface area contributed by atoms with E-state index in [1.807, 2.05) is 169 Å². The Labute approximate surface area is 374 Å². The summed E-state index contributed by atoms with van der Waals surface area (Å²) in [5, 5.41) is 2.17. The van der Waals surface area contributed by atoms with Gasteiger partial charge in [0.2, 0.25) is 0 Å². The van der Waals surface area contributed by atoms with Crippen molar-refractivity contribution in [2.24, 2.45) is 0 Å². The zero-order chi connectivity index (χ0) is 45.5. The van der Waals surface area contributed by atoms with Gasteiger partial charge in [0.15, 0.2) is 5.82 Å². The first-order valence-corrected chi connectivity index (χ1v) is 21.3. The van der Waals surface area contributed by atoms with Gasteiger partial charge in [-0.05, 0) is 92.7 Å². The Morgan fingerprint density at radius 1 is 0.379 bits per heavy atom. The Bertz CT molecular complexity index is 3640. The van der Waals surface area contributed by atoms with Crippen molar-refractivity contribution in [3.63, 3.8) is 0 Å². The molecule has 4 nitrogen and oxygen atoms in total. The highest BCUT2D eigenvalue weighted by molar-refractivity contribution is 6.12. The van der Waals surface area contributed by atoms with Gasteiger partial charge in [-0.1, -0.05) is 114 Å². The molecule has 0 saturated carbocycles. The van der Waals surface area contributed by atoms with E-state index >= 15 is 0 Å². The van der Waals surface area contributed by atoms with Crippen LogP contribution >= 0.6 is 0 Å². The van der Waals surface area contributed by atoms with Crippen LogP contribution in [0, 0.1) is 13.8 Å². The zero-order valence-corrected chi connectivity index (χ0v) is 35.4. The van der Waals surface area contributed by atoms with Crippen molar-refractivity contribution >= 4 is 43.6 Å². The Hall–Kier alpha value is -7.98. The molecule has 11 rings (SSSR count). The molecule has 0 aliphatic carbocycles. The fourth-order valence-corrected chi connectivity index (χ4v) is 9.30. The summed E-state index contributed by atoms with van der Waals surface area (Å²) in [6.07, 6.45) is -9.14. The molecule has 0 saturated heterocycles. The second-order valence-corrected chi connectivity index (χ2v) is 16.6. The van der Waals surface area contributed by atoms with Crippen LogP contribution in [0.2, 0.25) is 0 Å². The largest absolute Gasteiger partial charge is 0.416 e. The maximum atomic E-state index is 14.4. The van der Waals surface area contributed by atoms with Crippen LogP contribution in [0.1, 0.15) is 22.3 Å². The van der Waals surface area contributed by atoms with Gasteiger partial charge in [0.1, 0.15) is 0 Å². The van der Waals surface area contributed by atoms with Crippen molar-refractivity contribution in [3.8, 4) is 56.4 Å². The fourth-order valence-electron chi connectivity index (χ4n) is 9.30. The third-order valence-corrected chi connectivity index (χ3v) is 12.3. The van der Waals surface area contributed by atoms with E-state index in [0.717, 1.165) is 34.4 Å². The minimum atomic E-state index is -4.57. The summed E-state index contributed by atoms with van der Waals surface area (Å²) in [4.78, 5) is 10.5. The molecule has 66 heavy (non-hydrogen) atoms. The minimum absolute atomic E-state index is 0.394. The van der Waals surface area contributed by atoms with Crippen molar-refractivity contribution in [3.05, 3.63) is 204 Å². The maximum absolute atomic E-state index is 14.4. The van der Waals surface area contributed by atoms with Crippen LogP contribution in [-0.4, -0.2) is 19.1 Å². The highest BCUT2D eigenvalue weighted by Crippen LogP contribution is 2.46. The quantitative estimate of drug-likeness (QED) is 0.156. The van der Waals surface area contributed by atoms with Crippen molar-refractivity contribution < 1.29 is 26.3 Å². The van der Waals surface area contributed by atoms with Gasteiger partial charge in [-0.15, -0.1) is 0 Å². The van der Waals surface area contributed by atoms with Crippen LogP contribution in [0.5, 0.6) is 0 Å². The predicted molar refractivity (Wildman–Crippen MR) is 252 cm³/mol. The number of fused-ring (bicyclic) bond motifs is 6. The lowest BCUT2D eigenvalue weighted by molar-refractivity contribution is -0.138. The summed E-state index contributed by atoms with van der Waals surface area (Å²) in [5.74, 6) is 0.394. The third-order valence-electron chi connectivity index (χ3n) is 12.3. The van der Waals surface area contributed by atoms with Gasteiger partial charge in [0.25, 0.3) is 0 Å². The fraction of sp³-hybridized carbons (Fsp3) is 0.0714. The molecular weight excluding hydrogens is 843 g/mol. The van der Waals surface area contributed by atoms with Crippen LogP contribution in [0.25, 0.3) is 100 Å². The molecule has 322 valence electrons. The number of halogens is 6. The van der Waals surface area contributed by atoms with Crippen molar-refractivity contribution in [2.75, 3.05) is 0 Å². The topological polar surface area (TPSA) is 35.6 Å². The Morgan fingerprint density at radius 3 is 1.29 bits per heavy atom. The van der Waals surface area contributed by atoms with Crippen LogP contribution in [0.15, 0.2) is 182 Å². The number of hydrogen-bond acceptors (Lipinski definition) is 2. The molecule has 3 aromatic heterocycles. The average Bonchev–Trinajstić information content (AvgIpc) is 3.82. The molecule has 3 heterocycles. The number of nitrogens with zero attached hydrogens (tertiary/aromatic N) is 4. The highest BCUT2D eigenvalue weighted by atomic mass is 19.4. The first-order chi connectivity index (χ1) is 31.8. The number of para-hydroxylation sites is 1. The first-order valence-electron chi connectivity index (χ1n) is 21.3. The zero-order valence-electron chi connectivity index (χ0n) is 35.4. The summed E-state index contributed by atoms with van der Waals surface area (Å²) in [6, 6.07) is 54.2. The highest BCUT2D eigenvalue weighted by Gasteiger charge is 2.33. The smallest absolute Gasteiger partial charge is 0.309 e. The Balaban J connectivity index is 1.28. The minimum Gasteiger partial charge on any atom is -0.309 e. The van der Waals surface area contributed by atoms with Gasteiger partial charge in [-0.2, -0.15) is 26.3 Å². The SMILES string of the molecule is Cc1ccc2c(c1)c1cc(C(F)(F)F)ccc1n2-c1ccccc1-c1c(-c2nc(-c3ccccc3)cc(-c3ccccc3)n2)cccc1-n1c2ccc(C)cc2c2cc(C(F)(F)F)ccc21. The van der Waals surface area contributed by atoms with Gasteiger partial charge >= 0.3 is 12.4 Å². The maximum Gasteiger partial charge on any atom is 0.416 e. The monoisotopic (exact) mass is 878 g/mol. The van der Waals surface area contributed by atoms with Gasteiger partial charge in [-0.3, -0.25) is 0 Å². The lowest BCUT2D eigenvalue weighted by Gasteiger charge is -2.21. The summed E-state index contributed by atoms with van der Waals surface area (Å²) >= 11 is 0. The molecule has 10 heteroatoms. The molecule has 0 radical (unpaired) electrons. The van der Waals surface area contributed by atoms with E-state index in [0.29, 0.717) is 88.9 Å². The van der Waals surface area contributed by atoms with E-state index in [-0.39, 0.29) is 0 Å². The summed E-state index contributed by atoms with van der Waals surface area (Å²) in [5.41, 5.74) is 9.11. The number of hydrogen-bond donors (Lipinski definition) is 0. The summed E-state index contributed by atoms with van der Waals surface area (Å²) in [7, 11) is 0. The molecule has 0 N–H and O–H groups in total. The molecule has 0 aliphatic rings. The lowest BCUT2D eigenvalue weighted by Crippen LogP contribution is -2.06. The van der Waals surface area contributed by atoms with E-state index in [2.05, 4.69) is 0 Å². The molecule has 8 aromatic carbocycles. The number of aryl methyl sites for hydroxylation is 2. The summed E-state index contributed by atoms with van der Waals surface area (Å²) in [6.45, 7) is 3.82. The first kappa shape index (κ1) is 40.8. The second-order valence-electron chi connectivity index (χ2n) is 16.6. The molecule has 0 unspecified atom stereocenters. The van der Waals surface area contributed by atoms with E-state index in [1.54, 1.807) is 0 Å². The molecular formula is C56H36F6N4. The molecule has 0 aliphatic heterocycles. The van der Waals surface area contributed by atoms with Crippen molar-refractivity contribution in [1.82, 2.24) is 19.1 Å². The normalized spacial score (nSPS) is 12.2. The predicted octanol–water partition coefficient (Wildman–Crippen LogP) is 16.0. The van der Waals surface area contributed by atoms with E-state index in [1.165, 1.54) is 24.3 Å². The van der Waals surface area contributed by atoms with Gasteiger partial charge < -0.3 is 9.13 Å². The van der Waals surface area contributed by atoms with E-state index in [4.69, 9.17) is 9.97 Å². The molecule has 11 aromatic rings. The van der Waals surface area contributed by atoms with Gasteiger partial charge in [-0.25, -0.2) is 9.97 Å². The summed E-state index contributed by atoms with van der Waals surface area (Å²) < 4.78 is 90.1.